The number of hydrogen-bond donors (Lipinski definition) is 0. The lowest BCUT2D eigenvalue weighted by Crippen LogP contribution is -2.37. The molecule has 0 radical (unpaired) electrons. The minimum absolute atomic E-state index is 0.0430. The van der Waals surface area contributed by atoms with Crippen LogP contribution in [0.2, 0.25) is 0 Å². The highest BCUT2D eigenvalue weighted by Gasteiger charge is 2.22. The van der Waals surface area contributed by atoms with Gasteiger partial charge in [0.15, 0.2) is 0 Å². The molecule has 0 aromatic heterocycles. The lowest BCUT2D eigenvalue weighted by Gasteiger charge is -2.22. The Kier molecular flexibility index (Phi) is 7.19. The summed E-state index contributed by atoms with van der Waals surface area (Å²) in [5.74, 6) is 0.0953. The number of methoxy groups -OCH3 is 1. The fourth-order valence-corrected chi connectivity index (χ4v) is 2.36. The van der Waals surface area contributed by atoms with E-state index in [0.717, 1.165) is 6.42 Å². The van der Waals surface area contributed by atoms with E-state index in [1.165, 1.54) is 7.11 Å². The molecule has 0 bridgehead atoms. The third-order valence-electron chi connectivity index (χ3n) is 3.55. The molecule has 1 heterocycles. The Morgan fingerprint density at radius 2 is 1.52 bits per heavy atom. The minimum atomic E-state index is -0.369. The van der Waals surface area contributed by atoms with Gasteiger partial charge in [-0.25, -0.2) is 0 Å². The quantitative estimate of drug-likeness (QED) is 0.711. The van der Waals surface area contributed by atoms with Crippen molar-refractivity contribution in [2.75, 3.05) is 33.3 Å². The average Bonchev–Trinajstić information content (AvgIpc) is 2.69. The third kappa shape index (κ3) is 6.14. The van der Waals surface area contributed by atoms with Gasteiger partial charge in [0.1, 0.15) is 0 Å². The number of rotatable bonds is 5. The highest BCUT2D eigenvalue weighted by molar-refractivity contribution is 5.81. The second-order valence-electron chi connectivity index (χ2n) is 5.79. The van der Waals surface area contributed by atoms with Gasteiger partial charge >= 0.3 is 5.97 Å². The maximum absolute atomic E-state index is 12.1. The van der Waals surface area contributed by atoms with E-state index in [-0.39, 0.29) is 30.6 Å². The highest BCUT2D eigenvalue weighted by atomic mass is 16.5. The minimum Gasteiger partial charge on any atom is -0.469 e. The molecule has 0 aliphatic carbocycles. The first-order valence-electron chi connectivity index (χ1n) is 7.56. The molecule has 1 aliphatic heterocycles. The largest absolute Gasteiger partial charge is 0.469 e. The van der Waals surface area contributed by atoms with Gasteiger partial charge in [0, 0.05) is 39.0 Å². The molecule has 0 atom stereocenters. The molecule has 120 valence electrons. The van der Waals surface area contributed by atoms with Crippen molar-refractivity contribution in [3.8, 4) is 0 Å². The van der Waals surface area contributed by atoms with Crippen LogP contribution in [0.3, 0.4) is 0 Å². The summed E-state index contributed by atoms with van der Waals surface area (Å²) >= 11 is 0. The van der Waals surface area contributed by atoms with Crippen molar-refractivity contribution in [3.05, 3.63) is 0 Å². The summed E-state index contributed by atoms with van der Waals surface area (Å²) in [5.41, 5.74) is 0. The third-order valence-corrected chi connectivity index (χ3v) is 3.55. The number of carbonyl (C=O) groups excluding carboxylic acids is 3. The van der Waals surface area contributed by atoms with Crippen molar-refractivity contribution in [2.24, 2.45) is 5.92 Å². The molecule has 1 aliphatic rings. The lowest BCUT2D eigenvalue weighted by molar-refractivity contribution is -0.143. The fourth-order valence-electron chi connectivity index (χ4n) is 2.36. The van der Waals surface area contributed by atoms with E-state index in [1.807, 2.05) is 18.7 Å². The number of hydrogen-bond acceptors (Lipinski definition) is 4. The second kappa shape index (κ2) is 8.64. The van der Waals surface area contributed by atoms with Crippen molar-refractivity contribution < 1.29 is 19.1 Å². The van der Waals surface area contributed by atoms with Gasteiger partial charge in [-0.05, 0) is 12.3 Å². The first-order valence-corrected chi connectivity index (χ1v) is 7.56. The Bertz CT molecular complexity index is 382. The standard InChI is InChI=1S/C15H26N2O4/c1-12(2)11-14(19)17-8-4-7-16(9-10-17)13(18)5-6-15(20)21-3/h12H,4-11H2,1-3H3. The topological polar surface area (TPSA) is 66.9 Å². The second-order valence-corrected chi connectivity index (χ2v) is 5.79. The summed E-state index contributed by atoms with van der Waals surface area (Å²) in [6.07, 6.45) is 1.62. The SMILES string of the molecule is COC(=O)CCC(=O)N1CCCN(C(=O)CC(C)C)CC1. The van der Waals surface area contributed by atoms with E-state index in [9.17, 15) is 14.4 Å². The molecule has 21 heavy (non-hydrogen) atoms. The van der Waals surface area contributed by atoms with Crippen molar-refractivity contribution in [3.63, 3.8) is 0 Å². The molecule has 0 N–H and O–H groups in total. The molecule has 6 nitrogen and oxygen atoms in total. The van der Waals surface area contributed by atoms with Crippen LogP contribution in [-0.4, -0.2) is 60.9 Å². The zero-order chi connectivity index (χ0) is 15.8. The summed E-state index contributed by atoms with van der Waals surface area (Å²) < 4.78 is 4.54. The van der Waals surface area contributed by atoms with E-state index in [0.29, 0.717) is 38.5 Å². The Hall–Kier alpha value is -1.59. The molecule has 0 spiro atoms. The predicted octanol–water partition coefficient (Wildman–Crippen LogP) is 1.05. The normalized spacial score (nSPS) is 15.8. The molecule has 1 rings (SSSR count). The van der Waals surface area contributed by atoms with Crippen LogP contribution in [0, 0.1) is 5.92 Å². The van der Waals surface area contributed by atoms with Gasteiger partial charge in [-0.1, -0.05) is 13.8 Å². The van der Waals surface area contributed by atoms with Crippen LogP contribution in [0.25, 0.3) is 0 Å². The van der Waals surface area contributed by atoms with Crippen LogP contribution in [-0.2, 0) is 19.1 Å². The summed E-state index contributed by atoms with van der Waals surface area (Å²) in [7, 11) is 1.32. The van der Waals surface area contributed by atoms with E-state index < -0.39 is 0 Å². The molecule has 1 saturated heterocycles. The van der Waals surface area contributed by atoms with Crippen LogP contribution < -0.4 is 0 Å². The lowest BCUT2D eigenvalue weighted by atomic mass is 10.1. The van der Waals surface area contributed by atoms with Crippen LogP contribution >= 0.6 is 0 Å². The maximum atomic E-state index is 12.1. The summed E-state index contributed by atoms with van der Waals surface area (Å²) in [5, 5.41) is 0. The van der Waals surface area contributed by atoms with Gasteiger partial charge in [-0.3, -0.25) is 14.4 Å². The number of ether oxygens (including phenoxy) is 1. The van der Waals surface area contributed by atoms with E-state index in [2.05, 4.69) is 4.74 Å². The molecule has 1 fully saturated rings. The maximum Gasteiger partial charge on any atom is 0.306 e. The van der Waals surface area contributed by atoms with E-state index in [4.69, 9.17) is 0 Å². The average molecular weight is 298 g/mol. The Morgan fingerprint density at radius 3 is 2.05 bits per heavy atom. The predicted molar refractivity (Wildman–Crippen MR) is 78.5 cm³/mol. The number of esters is 1. The van der Waals surface area contributed by atoms with Crippen molar-refractivity contribution >= 4 is 17.8 Å². The molecular formula is C15H26N2O4. The number of carbonyl (C=O) groups is 3. The summed E-state index contributed by atoms with van der Waals surface area (Å²) in [6, 6.07) is 0. The van der Waals surface area contributed by atoms with Crippen molar-refractivity contribution in [2.45, 2.75) is 39.5 Å². The van der Waals surface area contributed by atoms with Crippen molar-refractivity contribution in [1.82, 2.24) is 9.80 Å². The molecule has 6 heteroatoms. The van der Waals surface area contributed by atoms with E-state index >= 15 is 0 Å². The summed E-state index contributed by atoms with van der Waals surface area (Å²) in [4.78, 5) is 38.7. The Labute approximate surface area is 126 Å². The fraction of sp³-hybridized carbons (Fsp3) is 0.800. The van der Waals surface area contributed by atoms with Crippen LogP contribution in [0.4, 0.5) is 0 Å². The first kappa shape index (κ1) is 17.5. The van der Waals surface area contributed by atoms with Gasteiger partial charge in [-0.2, -0.15) is 0 Å². The highest BCUT2D eigenvalue weighted by Crippen LogP contribution is 2.10. The van der Waals surface area contributed by atoms with Crippen LogP contribution in [0.1, 0.15) is 39.5 Å². The number of nitrogens with zero attached hydrogens (tertiary/aromatic N) is 2. The molecule has 0 aromatic rings. The number of amides is 2. The zero-order valence-corrected chi connectivity index (χ0v) is 13.3. The first-order chi connectivity index (χ1) is 9.93. The summed E-state index contributed by atoms with van der Waals surface area (Å²) in [6.45, 7) is 6.52. The molecular weight excluding hydrogens is 272 g/mol. The molecule has 0 unspecified atom stereocenters. The van der Waals surface area contributed by atoms with Gasteiger partial charge in [0.2, 0.25) is 11.8 Å². The van der Waals surface area contributed by atoms with Gasteiger partial charge in [0.25, 0.3) is 0 Å². The molecule has 0 saturated carbocycles. The zero-order valence-electron chi connectivity index (χ0n) is 13.3. The van der Waals surface area contributed by atoms with Gasteiger partial charge < -0.3 is 14.5 Å². The van der Waals surface area contributed by atoms with Crippen molar-refractivity contribution in [1.29, 1.82) is 0 Å². The van der Waals surface area contributed by atoms with Gasteiger partial charge in [-0.15, -0.1) is 0 Å². The van der Waals surface area contributed by atoms with Crippen LogP contribution in [0.5, 0.6) is 0 Å². The Balaban J connectivity index is 2.43. The van der Waals surface area contributed by atoms with E-state index in [1.54, 1.807) is 4.90 Å². The smallest absolute Gasteiger partial charge is 0.306 e. The molecule has 2 amide bonds. The molecule has 0 aromatic carbocycles. The monoisotopic (exact) mass is 298 g/mol. The Morgan fingerprint density at radius 1 is 0.952 bits per heavy atom. The van der Waals surface area contributed by atoms with Crippen LogP contribution in [0.15, 0.2) is 0 Å². The van der Waals surface area contributed by atoms with Gasteiger partial charge in [0.05, 0.1) is 13.5 Å².